The van der Waals surface area contributed by atoms with Crippen LogP contribution in [0.5, 0.6) is 0 Å². The van der Waals surface area contributed by atoms with E-state index in [0.29, 0.717) is 10.6 Å². The highest BCUT2D eigenvalue weighted by molar-refractivity contribution is 5.98. The molecule has 0 fully saturated rings. The minimum absolute atomic E-state index is 0.131. The summed E-state index contributed by atoms with van der Waals surface area (Å²) in [6.07, 6.45) is 0. The van der Waals surface area contributed by atoms with Crippen LogP contribution in [0.15, 0.2) is 24.3 Å². The largest absolute Gasteiger partial charge is 0.480 e. The molecule has 0 radical (unpaired) electrons. The fourth-order valence-corrected chi connectivity index (χ4v) is 1.61. The SMILES string of the molecule is CC(=O)Nc1ccc(C(=O)N(CC(=O)O)CC(=O)O)cc1. The third kappa shape index (κ3) is 5.31. The van der Waals surface area contributed by atoms with Gasteiger partial charge in [0.25, 0.3) is 5.91 Å². The number of carbonyl (C=O) groups excluding carboxylic acids is 2. The van der Waals surface area contributed by atoms with Gasteiger partial charge in [-0.2, -0.15) is 0 Å². The molecule has 8 nitrogen and oxygen atoms in total. The number of carbonyl (C=O) groups is 4. The molecule has 1 aromatic rings. The number of anilines is 1. The Morgan fingerprint density at radius 3 is 1.86 bits per heavy atom. The molecule has 112 valence electrons. The van der Waals surface area contributed by atoms with Gasteiger partial charge in [-0.3, -0.25) is 19.2 Å². The summed E-state index contributed by atoms with van der Waals surface area (Å²) in [5, 5.41) is 19.9. The molecule has 0 atom stereocenters. The smallest absolute Gasteiger partial charge is 0.323 e. The second kappa shape index (κ2) is 7.04. The summed E-state index contributed by atoms with van der Waals surface area (Å²) in [4.78, 5) is 45.0. The molecule has 0 aromatic heterocycles. The molecule has 0 aliphatic carbocycles. The summed E-state index contributed by atoms with van der Waals surface area (Å²) >= 11 is 0. The van der Waals surface area contributed by atoms with Gasteiger partial charge in [0.15, 0.2) is 0 Å². The highest BCUT2D eigenvalue weighted by atomic mass is 16.4. The highest BCUT2D eigenvalue weighted by Gasteiger charge is 2.21. The van der Waals surface area contributed by atoms with Crippen LogP contribution in [0.3, 0.4) is 0 Å². The Balaban J connectivity index is 2.89. The Bertz CT molecular complexity index is 551. The predicted octanol–water partition coefficient (Wildman–Crippen LogP) is 0.256. The third-order valence-electron chi connectivity index (χ3n) is 2.39. The average molecular weight is 294 g/mol. The second-order valence-corrected chi connectivity index (χ2v) is 4.21. The number of aliphatic carboxylic acids is 2. The maximum Gasteiger partial charge on any atom is 0.323 e. The first-order valence-corrected chi connectivity index (χ1v) is 5.90. The Kier molecular flexibility index (Phi) is 5.41. The van der Waals surface area contributed by atoms with Crippen LogP contribution in [-0.4, -0.2) is 52.0 Å². The van der Waals surface area contributed by atoms with Gasteiger partial charge in [-0.25, -0.2) is 0 Å². The van der Waals surface area contributed by atoms with Gasteiger partial charge in [-0.1, -0.05) is 0 Å². The van der Waals surface area contributed by atoms with Gasteiger partial charge in [0.05, 0.1) is 0 Å². The van der Waals surface area contributed by atoms with E-state index in [0.717, 1.165) is 0 Å². The van der Waals surface area contributed by atoms with E-state index in [9.17, 15) is 19.2 Å². The number of nitrogens with one attached hydrogen (secondary N) is 1. The van der Waals surface area contributed by atoms with Crippen molar-refractivity contribution < 1.29 is 29.4 Å². The first kappa shape index (κ1) is 16.2. The Morgan fingerprint density at radius 1 is 1.00 bits per heavy atom. The maximum absolute atomic E-state index is 12.1. The van der Waals surface area contributed by atoms with Crippen molar-refractivity contribution in [2.45, 2.75) is 6.92 Å². The van der Waals surface area contributed by atoms with Gasteiger partial charge in [-0.05, 0) is 24.3 Å². The standard InChI is InChI=1S/C13H14N2O6/c1-8(16)14-10-4-2-9(3-5-10)13(21)15(6-11(17)18)7-12(19)20/h2-5H,6-7H2,1H3,(H,14,16)(H,17,18)(H,19,20). The van der Waals surface area contributed by atoms with Gasteiger partial charge < -0.3 is 20.4 Å². The molecule has 3 N–H and O–H groups in total. The predicted molar refractivity (Wildman–Crippen MR) is 71.9 cm³/mol. The molecule has 1 rings (SSSR count). The van der Waals surface area contributed by atoms with E-state index in [-0.39, 0.29) is 11.5 Å². The van der Waals surface area contributed by atoms with E-state index in [4.69, 9.17) is 10.2 Å². The van der Waals surface area contributed by atoms with Crippen molar-refractivity contribution in [3.05, 3.63) is 29.8 Å². The van der Waals surface area contributed by atoms with Crippen molar-refractivity contribution in [2.75, 3.05) is 18.4 Å². The fraction of sp³-hybridized carbons (Fsp3) is 0.231. The van der Waals surface area contributed by atoms with Crippen LogP contribution in [0.4, 0.5) is 5.69 Å². The quantitative estimate of drug-likeness (QED) is 0.691. The number of amides is 2. The molecule has 0 aliphatic heterocycles. The summed E-state index contributed by atoms with van der Waals surface area (Å²) in [6.45, 7) is -0.0856. The normalized spacial score (nSPS) is 9.76. The van der Waals surface area contributed by atoms with Crippen LogP contribution < -0.4 is 5.32 Å². The molecule has 0 unspecified atom stereocenters. The van der Waals surface area contributed by atoms with Crippen molar-refractivity contribution in [2.24, 2.45) is 0 Å². The topological polar surface area (TPSA) is 124 Å². The lowest BCUT2D eigenvalue weighted by atomic mass is 10.1. The molecule has 0 saturated heterocycles. The molecular weight excluding hydrogens is 280 g/mol. The molecule has 0 heterocycles. The van der Waals surface area contributed by atoms with Gasteiger partial charge in [0, 0.05) is 18.2 Å². The summed E-state index contributed by atoms with van der Waals surface area (Å²) in [7, 11) is 0. The lowest BCUT2D eigenvalue weighted by Gasteiger charge is -2.18. The number of rotatable bonds is 6. The lowest BCUT2D eigenvalue weighted by molar-refractivity contribution is -0.140. The Labute approximate surface area is 120 Å². The van der Waals surface area contributed by atoms with Crippen molar-refractivity contribution >= 4 is 29.4 Å². The van der Waals surface area contributed by atoms with E-state index < -0.39 is 30.9 Å². The maximum atomic E-state index is 12.1. The van der Waals surface area contributed by atoms with E-state index >= 15 is 0 Å². The first-order valence-electron chi connectivity index (χ1n) is 5.90. The number of nitrogens with zero attached hydrogens (tertiary/aromatic N) is 1. The van der Waals surface area contributed by atoms with Gasteiger partial charge in [0.2, 0.25) is 5.91 Å². The minimum atomic E-state index is -1.31. The Hall–Kier alpha value is -2.90. The van der Waals surface area contributed by atoms with Crippen molar-refractivity contribution in [1.29, 1.82) is 0 Å². The molecule has 0 aliphatic rings. The monoisotopic (exact) mass is 294 g/mol. The zero-order valence-corrected chi connectivity index (χ0v) is 11.2. The molecule has 1 aromatic carbocycles. The van der Waals surface area contributed by atoms with Crippen LogP contribution in [0, 0.1) is 0 Å². The molecule has 0 spiro atoms. The molecular formula is C13H14N2O6. The van der Waals surface area contributed by atoms with Gasteiger partial charge in [0.1, 0.15) is 13.1 Å². The van der Waals surface area contributed by atoms with Crippen molar-refractivity contribution in [3.63, 3.8) is 0 Å². The summed E-state index contributed by atoms with van der Waals surface area (Å²) in [5.41, 5.74) is 0.605. The van der Waals surface area contributed by atoms with E-state index in [1.807, 2.05) is 0 Å². The van der Waals surface area contributed by atoms with Gasteiger partial charge >= 0.3 is 11.9 Å². The van der Waals surface area contributed by atoms with Crippen molar-refractivity contribution in [1.82, 2.24) is 4.90 Å². The fourth-order valence-electron chi connectivity index (χ4n) is 1.61. The number of carboxylic acids is 2. The summed E-state index contributed by atoms with van der Waals surface area (Å²) in [5.74, 6) is -3.60. The zero-order valence-electron chi connectivity index (χ0n) is 11.2. The molecule has 0 bridgehead atoms. The van der Waals surface area contributed by atoms with Crippen molar-refractivity contribution in [3.8, 4) is 0 Å². The second-order valence-electron chi connectivity index (χ2n) is 4.21. The first-order chi connectivity index (χ1) is 9.79. The van der Waals surface area contributed by atoms with Crippen LogP contribution in [0.2, 0.25) is 0 Å². The number of hydrogen-bond donors (Lipinski definition) is 3. The van der Waals surface area contributed by atoms with Crippen LogP contribution >= 0.6 is 0 Å². The highest BCUT2D eigenvalue weighted by Crippen LogP contribution is 2.11. The third-order valence-corrected chi connectivity index (χ3v) is 2.39. The van der Waals surface area contributed by atoms with Crippen LogP contribution in [0.1, 0.15) is 17.3 Å². The number of hydrogen-bond acceptors (Lipinski definition) is 4. The van der Waals surface area contributed by atoms with Crippen LogP contribution in [-0.2, 0) is 14.4 Å². The molecule has 2 amide bonds. The van der Waals surface area contributed by atoms with Gasteiger partial charge in [-0.15, -0.1) is 0 Å². The van der Waals surface area contributed by atoms with Crippen LogP contribution in [0.25, 0.3) is 0 Å². The molecule has 21 heavy (non-hydrogen) atoms. The summed E-state index contributed by atoms with van der Waals surface area (Å²) in [6, 6.07) is 5.69. The minimum Gasteiger partial charge on any atom is -0.480 e. The van der Waals surface area contributed by atoms with E-state index in [1.54, 1.807) is 0 Å². The molecule has 8 heteroatoms. The summed E-state index contributed by atoms with van der Waals surface area (Å²) < 4.78 is 0. The number of carboxylic acid groups (broad SMARTS) is 2. The number of benzene rings is 1. The average Bonchev–Trinajstić information content (AvgIpc) is 2.36. The molecule has 0 saturated carbocycles. The Morgan fingerprint density at radius 2 is 1.48 bits per heavy atom. The van der Waals surface area contributed by atoms with E-state index in [2.05, 4.69) is 5.32 Å². The van der Waals surface area contributed by atoms with E-state index in [1.165, 1.54) is 31.2 Å². The lowest BCUT2D eigenvalue weighted by Crippen LogP contribution is -2.39. The zero-order chi connectivity index (χ0) is 16.0.